The fourth-order valence-electron chi connectivity index (χ4n) is 2.15. The van der Waals surface area contributed by atoms with Crippen LogP contribution in [0.1, 0.15) is 55.1 Å². The van der Waals surface area contributed by atoms with Crippen molar-refractivity contribution in [2.45, 2.75) is 46.5 Å². The van der Waals surface area contributed by atoms with Crippen LogP contribution in [0, 0.1) is 0 Å². The van der Waals surface area contributed by atoms with Crippen molar-refractivity contribution < 1.29 is 9.53 Å². The maximum atomic E-state index is 12.1. The highest BCUT2D eigenvalue weighted by Gasteiger charge is 2.05. The lowest BCUT2D eigenvalue weighted by Crippen LogP contribution is -2.25. The summed E-state index contributed by atoms with van der Waals surface area (Å²) < 4.78 is 5.12. The molecule has 0 aliphatic heterocycles. The first kappa shape index (κ1) is 20.8. The number of unbranched alkanes of at least 4 members (excludes halogenated alkanes) is 1. The zero-order valence-corrected chi connectivity index (χ0v) is 16.0. The zero-order valence-electron chi connectivity index (χ0n) is 16.0. The first-order valence-corrected chi connectivity index (χ1v) is 9.14. The van der Waals surface area contributed by atoms with E-state index in [1.165, 1.54) is 24.0 Å². The summed E-state index contributed by atoms with van der Waals surface area (Å²) in [5.74, 6) is 0.831. The molecule has 2 rings (SSSR count). The van der Waals surface area contributed by atoms with Crippen LogP contribution in [0.2, 0.25) is 0 Å². The molecule has 1 amide bonds. The minimum absolute atomic E-state index is 0.0150. The Labute approximate surface area is 152 Å². The summed E-state index contributed by atoms with van der Waals surface area (Å²) >= 11 is 0. The molecule has 0 bridgehead atoms. The van der Waals surface area contributed by atoms with Gasteiger partial charge in [0, 0.05) is 12.1 Å². The van der Waals surface area contributed by atoms with Gasteiger partial charge >= 0.3 is 0 Å². The fraction of sp³-hybridized carbons (Fsp3) is 0.409. The topological polar surface area (TPSA) is 38.3 Å². The van der Waals surface area contributed by atoms with Crippen molar-refractivity contribution in [1.29, 1.82) is 0 Å². The van der Waals surface area contributed by atoms with E-state index < -0.39 is 0 Å². The van der Waals surface area contributed by atoms with Gasteiger partial charge in [0.1, 0.15) is 5.75 Å². The molecule has 0 fully saturated rings. The molecule has 2 aromatic carbocycles. The standard InChI is InChI=1S/C18H21NO2.C4H10/c1-3-14-5-4-6-16(13-14)18(20)19-12-11-15-7-9-17(21-2)10-8-15;1-3-4-2/h4-10,13H,3,11-12H2,1-2H3,(H,19,20);3-4H2,1-2H3. The van der Waals surface area contributed by atoms with Crippen LogP contribution >= 0.6 is 0 Å². The molecule has 0 aromatic heterocycles. The number of methoxy groups -OCH3 is 1. The molecule has 0 unspecified atom stereocenters. The Bertz CT molecular complexity index is 618. The van der Waals surface area contributed by atoms with E-state index in [2.05, 4.69) is 26.1 Å². The van der Waals surface area contributed by atoms with Crippen LogP contribution < -0.4 is 10.1 Å². The molecule has 0 aliphatic rings. The first-order valence-electron chi connectivity index (χ1n) is 9.14. The second-order valence-electron chi connectivity index (χ2n) is 5.91. The predicted molar refractivity (Wildman–Crippen MR) is 105 cm³/mol. The number of hydrogen-bond donors (Lipinski definition) is 1. The molecule has 1 N–H and O–H groups in total. The van der Waals surface area contributed by atoms with Gasteiger partial charge in [-0.3, -0.25) is 4.79 Å². The molecule has 2 aromatic rings. The summed E-state index contributed by atoms with van der Waals surface area (Å²) in [5, 5.41) is 2.96. The Kier molecular flexibility index (Phi) is 10.1. The Balaban J connectivity index is 0.000000705. The van der Waals surface area contributed by atoms with E-state index in [-0.39, 0.29) is 5.91 Å². The minimum Gasteiger partial charge on any atom is -0.497 e. The molecule has 0 aliphatic carbocycles. The van der Waals surface area contributed by atoms with E-state index in [0.717, 1.165) is 24.2 Å². The normalized spacial score (nSPS) is 9.76. The lowest BCUT2D eigenvalue weighted by atomic mass is 10.1. The van der Waals surface area contributed by atoms with E-state index in [0.29, 0.717) is 6.54 Å². The van der Waals surface area contributed by atoms with Gasteiger partial charge in [0.15, 0.2) is 0 Å². The molecule has 136 valence electrons. The molecule has 0 saturated carbocycles. The van der Waals surface area contributed by atoms with Crippen molar-refractivity contribution in [2.24, 2.45) is 0 Å². The van der Waals surface area contributed by atoms with E-state index in [4.69, 9.17) is 4.74 Å². The summed E-state index contributed by atoms with van der Waals surface area (Å²) in [6.45, 7) is 7.07. The number of benzene rings is 2. The van der Waals surface area contributed by atoms with E-state index in [1.54, 1.807) is 7.11 Å². The van der Waals surface area contributed by atoms with Crippen LogP contribution in [0.25, 0.3) is 0 Å². The minimum atomic E-state index is -0.0150. The van der Waals surface area contributed by atoms with Gasteiger partial charge in [-0.15, -0.1) is 0 Å². The summed E-state index contributed by atoms with van der Waals surface area (Å²) in [4.78, 5) is 12.1. The second kappa shape index (κ2) is 12.1. The average Bonchev–Trinajstić information content (AvgIpc) is 2.68. The summed E-state index contributed by atoms with van der Waals surface area (Å²) in [7, 11) is 1.65. The van der Waals surface area contributed by atoms with Crippen molar-refractivity contribution in [3.8, 4) is 5.75 Å². The van der Waals surface area contributed by atoms with Gasteiger partial charge in [-0.1, -0.05) is 57.9 Å². The number of rotatable bonds is 7. The average molecular weight is 341 g/mol. The summed E-state index contributed by atoms with van der Waals surface area (Å²) in [6, 6.07) is 15.7. The zero-order chi connectivity index (χ0) is 18.5. The maximum absolute atomic E-state index is 12.1. The van der Waals surface area contributed by atoms with Crippen molar-refractivity contribution >= 4 is 5.91 Å². The lowest BCUT2D eigenvalue weighted by Gasteiger charge is -2.07. The van der Waals surface area contributed by atoms with Crippen molar-refractivity contribution in [1.82, 2.24) is 5.32 Å². The molecule has 0 atom stereocenters. The van der Waals surface area contributed by atoms with E-state index in [1.807, 2.05) is 48.5 Å². The molecule has 0 saturated heterocycles. The van der Waals surface area contributed by atoms with Crippen LogP contribution in [0.4, 0.5) is 0 Å². The molecule has 0 spiro atoms. The molecule has 0 radical (unpaired) electrons. The van der Waals surface area contributed by atoms with Gasteiger partial charge < -0.3 is 10.1 Å². The van der Waals surface area contributed by atoms with Gasteiger partial charge in [0.05, 0.1) is 7.11 Å². The number of carbonyl (C=O) groups is 1. The molecule has 25 heavy (non-hydrogen) atoms. The Morgan fingerprint density at radius 2 is 1.64 bits per heavy atom. The number of carbonyl (C=O) groups excluding carboxylic acids is 1. The Morgan fingerprint density at radius 1 is 0.960 bits per heavy atom. The number of nitrogens with one attached hydrogen (secondary N) is 1. The van der Waals surface area contributed by atoms with Gasteiger partial charge in [0.2, 0.25) is 0 Å². The van der Waals surface area contributed by atoms with E-state index in [9.17, 15) is 4.79 Å². The van der Waals surface area contributed by atoms with Crippen LogP contribution in [0.3, 0.4) is 0 Å². The monoisotopic (exact) mass is 341 g/mol. The summed E-state index contributed by atoms with van der Waals surface area (Å²) in [5.41, 5.74) is 3.08. The smallest absolute Gasteiger partial charge is 0.251 e. The van der Waals surface area contributed by atoms with Crippen molar-refractivity contribution in [3.05, 3.63) is 65.2 Å². The summed E-state index contributed by atoms with van der Waals surface area (Å²) in [6.07, 6.45) is 4.39. The molecular formula is C22H31NO2. The highest BCUT2D eigenvalue weighted by atomic mass is 16.5. The highest BCUT2D eigenvalue weighted by molar-refractivity contribution is 5.94. The third-order valence-electron chi connectivity index (χ3n) is 3.96. The van der Waals surface area contributed by atoms with Crippen LogP contribution in [0.15, 0.2) is 48.5 Å². The van der Waals surface area contributed by atoms with Gasteiger partial charge in [-0.05, 0) is 48.2 Å². The van der Waals surface area contributed by atoms with Crippen molar-refractivity contribution in [2.75, 3.05) is 13.7 Å². The molecular weight excluding hydrogens is 310 g/mol. The van der Waals surface area contributed by atoms with Gasteiger partial charge in [0.25, 0.3) is 5.91 Å². The van der Waals surface area contributed by atoms with Gasteiger partial charge in [-0.2, -0.15) is 0 Å². The SMILES string of the molecule is CCCC.CCc1cccc(C(=O)NCCc2ccc(OC)cc2)c1. The van der Waals surface area contributed by atoms with Crippen LogP contribution in [-0.2, 0) is 12.8 Å². The number of ether oxygens (including phenoxy) is 1. The highest BCUT2D eigenvalue weighted by Crippen LogP contribution is 2.11. The second-order valence-corrected chi connectivity index (χ2v) is 5.91. The quantitative estimate of drug-likeness (QED) is 0.766. The lowest BCUT2D eigenvalue weighted by molar-refractivity contribution is 0.0954. The first-order chi connectivity index (χ1) is 12.1. The third-order valence-corrected chi connectivity index (χ3v) is 3.96. The van der Waals surface area contributed by atoms with Crippen LogP contribution in [-0.4, -0.2) is 19.6 Å². The molecule has 3 nitrogen and oxygen atoms in total. The number of amides is 1. The fourth-order valence-corrected chi connectivity index (χ4v) is 2.15. The van der Waals surface area contributed by atoms with Crippen LogP contribution in [0.5, 0.6) is 5.75 Å². The third kappa shape index (κ3) is 7.88. The van der Waals surface area contributed by atoms with Gasteiger partial charge in [-0.25, -0.2) is 0 Å². The molecule has 0 heterocycles. The number of hydrogen-bond acceptors (Lipinski definition) is 2. The Hall–Kier alpha value is -2.29. The Morgan fingerprint density at radius 3 is 2.20 bits per heavy atom. The molecule has 3 heteroatoms. The maximum Gasteiger partial charge on any atom is 0.251 e. The largest absolute Gasteiger partial charge is 0.497 e. The number of aryl methyl sites for hydroxylation is 1. The van der Waals surface area contributed by atoms with E-state index >= 15 is 0 Å². The van der Waals surface area contributed by atoms with Crippen molar-refractivity contribution in [3.63, 3.8) is 0 Å². The predicted octanol–water partition coefficient (Wildman–Crippen LogP) is 5.04.